The van der Waals surface area contributed by atoms with Gasteiger partial charge in [-0.1, -0.05) is 30.3 Å². The van der Waals surface area contributed by atoms with Crippen molar-refractivity contribution in [2.45, 2.75) is 30.8 Å². The second-order valence-electron chi connectivity index (χ2n) is 6.86. The highest BCUT2D eigenvalue weighted by atomic mass is 32.2. The van der Waals surface area contributed by atoms with Gasteiger partial charge in [-0.05, 0) is 38.1 Å². The number of benzene rings is 2. The minimum atomic E-state index is -4.28. The van der Waals surface area contributed by atoms with Crippen LogP contribution in [0.5, 0.6) is 0 Å². The molecular weight excluding hydrogens is 427 g/mol. The van der Waals surface area contributed by atoms with Crippen molar-refractivity contribution in [3.05, 3.63) is 66.2 Å². The van der Waals surface area contributed by atoms with Gasteiger partial charge < -0.3 is 14.5 Å². The number of esters is 1. The van der Waals surface area contributed by atoms with E-state index in [0.717, 1.165) is 17.5 Å². The highest BCUT2D eigenvalue weighted by Gasteiger charge is 2.26. The Kier molecular flexibility index (Phi) is 6.71. The first-order chi connectivity index (χ1) is 14.7. The molecule has 2 atom stereocenters. The van der Waals surface area contributed by atoms with E-state index >= 15 is 0 Å². The van der Waals surface area contributed by atoms with Crippen LogP contribution in [0.4, 0.5) is 4.39 Å². The van der Waals surface area contributed by atoms with Crippen molar-refractivity contribution in [3.63, 3.8) is 0 Å². The molecule has 0 radical (unpaired) electrons. The number of carbonyl (C=O) groups excluding carboxylic acids is 2. The van der Waals surface area contributed by atoms with Crippen LogP contribution in [0.15, 0.2) is 63.9 Å². The predicted molar refractivity (Wildman–Crippen MR) is 110 cm³/mol. The summed E-state index contributed by atoms with van der Waals surface area (Å²) < 4.78 is 50.8. The number of hydrogen-bond acceptors (Lipinski definition) is 6. The highest BCUT2D eigenvalue weighted by Crippen LogP contribution is 2.23. The lowest BCUT2D eigenvalue weighted by Crippen LogP contribution is -2.41. The Balaban J connectivity index is 1.52. The topological polar surface area (TPSA) is 115 Å². The maximum atomic E-state index is 13.7. The molecule has 0 aliphatic rings. The zero-order chi connectivity index (χ0) is 22.6. The Morgan fingerprint density at radius 3 is 2.48 bits per heavy atom. The molecule has 1 amide bonds. The van der Waals surface area contributed by atoms with Gasteiger partial charge in [0.25, 0.3) is 5.91 Å². The summed E-state index contributed by atoms with van der Waals surface area (Å²) in [6, 6.07) is 12.1. The van der Waals surface area contributed by atoms with Gasteiger partial charge >= 0.3 is 5.97 Å². The van der Waals surface area contributed by atoms with Crippen molar-refractivity contribution in [3.8, 4) is 0 Å². The number of fused-ring (bicyclic) bond motifs is 1. The molecule has 0 aliphatic heterocycles. The van der Waals surface area contributed by atoms with Crippen LogP contribution in [-0.2, 0) is 24.3 Å². The molecule has 0 spiro atoms. The van der Waals surface area contributed by atoms with Crippen molar-refractivity contribution < 1.29 is 31.6 Å². The Bertz CT molecular complexity index is 1170. The van der Waals surface area contributed by atoms with E-state index < -0.39 is 51.3 Å². The number of sulfonamides is 1. The quantitative estimate of drug-likeness (QED) is 0.512. The van der Waals surface area contributed by atoms with E-state index in [9.17, 15) is 22.4 Å². The first-order valence-electron chi connectivity index (χ1n) is 9.38. The number of amides is 1. The average molecular weight is 448 g/mol. The SMILES string of the molecule is C[C@@H](NS(=O)(=O)c1ccccc1F)C(=O)OCC(=O)N[C@H](C)c1cc2ccccc2o1. The van der Waals surface area contributed by atoms with E-state index in [1.54, 1.807) is 19.1 Å². The number of halogens is 1. The predicted octanol–water partition coefficient (Wildman–Crippen LogP) is 2.66. The molecule has 31 heavy (non-hydrogen) atoms. The third kappa shape index (κ3) is 5.47. The van der Waals surface area contributed by atoms with Gasteiger partial charge in [-0.2, -0.15) is 4.72 Å². The molecule has 8 nitrogen and oxygen atoms in total. The van der Waals surface area contributed by atoms with Crippen LogP contribution in [0, 0.1) is 5.82 Å². The zero-order valence-electron chi connectivity index (χ0n) is 16.8. The van der Waals surface area contributed by atoms with Crippen LogP contribution in [-0.4, -0.2) is 32.9 Å². The van der Waals surface area contributed by atoms with Crippen LogP contribution < -0.4 is 10.0 Å². The third-order valence-corrected chi connectivity index (χ3v) is 5.98. The number of para-hydroxylation sites is 1. The Hall–Kier alpha value is -3.24. The van der Waals surface area contributed by atoms with Crippen LogP contribution in [0.25, 0.3) is 11.0 Å². The lowest BCUT2D eigenvalue weighted by Gasteiger charge is -2.15. The molecule has 1 heterocycles. The van der Waals surface area contributed by atoms with E-state index in [0.29, 0.717) is 11.3 Å². The summed E-state index contributed by atoms with van der Waals surface area (Å²) in [4.78, 5) is 23.6. The van der Waals surface area contributed by atoms with E-state index in [1.165, 1.54) is 19.1 Å². The van der Waals surface area contributed by atoms with Gasteiger partial charge in [0.2, 0.25) is 10.0 Å². The van der Waals surface area contributed by atoms with Gasteiger partial charge in [-0.25, -0.2) is 12.8 Å². The van der Waals surface area contributed by atoms with Crippen molar-refractivity contribution in [2.75, 3.05) is 6.61 Å². The minimum Gasteiger partial charge on any atom is -0.459 e. The smallest absolute Gasteiger partial charge is 0.324 e. The summed E-state index contributed by atoms with van der Waals surface area (Å²) in [6.45, 7) is 2.33. The zero-order valence-corrected chi connectivity index (χ0v) is 17.6. The second kappa shape index (κ2) is 9.27. The molecule has 3 aromatic rings. The molecular formula is C21H21FN2O6S. The van der Waals surface area contributed by atoms with Gasteiger partial charge in [0.15, 0.2) is 6.61 Å². The second-order valence-corrected chi connectivity index (χ2v) is 8.54. The molecule has 0 bridgehead atoms. The maximum Gasteiger partial charge on any atom is 0.324 e. The van der Waals surface area contributed by atoms with Crippen LogP contribution >= 0.6 is 0 Å². The highest BCUT2D eigenvalue weighted by molar-refractivity contribution is 7.89. The summed E-state index contributed by atoms with van der Waals surface area (Å²) in [5.74, 6) is -1.99. The standard InChI is InChI=1S/C21H21FN2O6S/c1-13(18-11-15-7-3-5-9-17(15)30-18)23-20(25)12-29-21(26)14(2)24-31(27,28)19-10-6-4-8-16(19)22/h3-11,13-14,24H,12H2,1-2H3,(H,23,25)/t13-,14-/m1/s1. The molecule has 0 unspecified atom stereocenters. The largest absolute Gasteiger partial charge is 0.459 e. The molecule has 0 saturated heterocycles. The number of rotatable bonds is 8. The van der Waals surface area contributed by atoms with E-state index in [1.807, 2.05) is 22.9 Å². The fraction of sp³-hybridized carbons (Fsp3) is 0.238. The summed E-state index contributed by atoms with van der Waals surface area (Å²) in [6.07, 6.45) is 0. The Morgan fingerprint density at radius 1 is 1.10 bits per heavy atom. The van der Waals surface area contributed by atoms with Crippen LogP contribution in [0.1, 0.15) is 25.6 Å². The molecule has 2 aromatic carbocycles. The third-order valence-electron chi connectivity index (χ3n) is 4.41. The summed E-state index contributed by atoms with van der Waals surface area (Å²) >= 11 is 0. The monoisotopic (exact) mass is 448 g/mol. The number of nitrogens with one attached hydrogen (secondary N) is 2. The van der Waals surface area contributed by atoms with Gasteiger partial charge in [0.1, 0.15) is 28.1 Å². The van der Waals surface area contributed by atoms with Gasteiger partial charge in [-0.3, -0.25) is 9.59 Å². The van der Waals surface area contributed by atoms with E-state index in [4.69, 9.17) is 9.15 Å². The number of ether oxygens (including phenoxy) is 1. The van der Waals surface area contributed by atoms with Crippen molar-refractivity contribution in [2.24, 2.45) is 0 Å². The summed E-state index contributed by atoms with van der Waals surface area (Å²) in [5, 5.41) is 3.52. The number of furan rings is 1. The maximum absolute atomic E-state index is 13.7. The Labute approximate surface area is 178 Å². The molecule has 10 heteroatoms. The summed E-state index contributed by atoms with van der Waals surface area (Å²) in [5.41, 5.74) is 0.681. The first-order valence-corrected chi connectivity index (χ1v) is 10.9. The van der Waals surface area contributed by atoms with E-state index in [2.05, 4.69) is 5.32 Å². The number of hydrogen-bond donors (Lipinski definition) is 2. The van der Waals surface area contributed by atoms with Crippen molar-refractivity contribution >= 4 is 32.9 Å². The minimum absolute atomic E-state index is 0.476. The fourth-order valence-corrected chi connectivity index (χ4v) is 4.11. The molecule has 0 fully saturated rings. The van der Waals surface area contributed by atoms with Crippen LogP contribution in [0.3, 0.4) is 0 Å². The molecule has 3 rings (SSSR count). The Morgan fingerprint density at radius 2 is 1.77 bits per heavy atom. The first kappa shape index (κ1) is 22.4. The van der Waals surface area contributed by atoms with Gasteiger partial charge in [-0.15, -0.1) is 0 Å². The number of carbonyl (C=O) groups is 2. The van der Waals surface area contributed by atoms with Crippen molar-refractivity contribution in [1.82, 2.24) is 10.0 Å². The summed E-state index contributed by atoms with van der Waals surface area (Å²) in [7, 11) is -4.28. The lowest BCUT2D eigenvalue weighted by atomic mass is 10.2. The molecule has 1 aromatic heterocycles. The van der Waals surface area contributed by atoms with Crippen molar-refractivity contribution in [1.29, 1.82) is 0 Å². The lowest BCUT2D eigenvalue weighted by molar-refractivity contribution is -0.150. The average Bonchev–Trinajstić information content (AvgIpc) is 3.16. The normalized spacial score (nSPS) is 13.5. The molecule has 2 N–H and O–H groups in total. The molecule has 0 aliphatic carbocycles. The van der Waals surface area contributed by atoms with Gasteiger partial charge in [0.05, 0.1) is 6.04 Å². The molecule has 164 valence electrons. The molecule has 0 saturated carbocycles. The van der Waals surface area contributed by atoms with E-state index in [-0.39, 0.29) is 0 Å². The van der Waals surface area contributed by atoms with Crippen LogP contribution in [0.2, 0.25) is 0 Å². The fourth-order valence-electron chi connectivity index (χ4n) is 2.84. The van der Waals surface area contributed by atoms with Gasteiger partial charge in [0, 0.05) is 5.39 Å².